The largest absolute Gasteiger partial charge is 0.356 e. The molecule has 16 heavy (non-hydrogen) atoms. The SMILES string of the molecule is CC(Cl)CCNC(=O)Cc1cccc(F)c1. The predicted molar refractivity (Wildman–Crippen MR) is 63.0 cm³/mol. The summed E-state index contributed by atoms with van der Waals surface area (Å²) in [6.07, 6.45) is 0.935. The van der Waals surface area contributed by atoms with E-state index >= 15 is 0 Å². The lowest BCUT2D eigenvalue weighted by molar-refractivity contribution is -0.120. The Morgan fingerprint density at radius 2 is 2.31 bits per heavy atom. The van der Waals surface area contributed by atoms with Crippen molar-refractivity contribution in [2.24, 2.45) is 0 Å². The van der Waals surface area contributed by atoms with Gasteiger partial charge in [-0.05, 0) is 31.0 Å². The van der Waals surface area contributed by atoms with E-state index < -0.39 is 0 Å². The maximum absolute atomic E-state index is 12.8. The van der Waals surface area contributed by atoms with Crippen molar-refractivity contribution in [3.8, 4) is 0 Å². The van der Waals surface area contributed by atoms with Crippen molar-refractivity contribution >= 4 is 17.5 Å². The van der Waals surface area contributed by atoms with Gasteiger partial charge in [0, 0.05) is 11.9 Å². The zero-order chi connectivity index (χ0) is 12.0. The maximum Gasteiger partial charge on any atom is 0.224 e. The average Bonchev–Trinajstić information content (AvgIpc) is 2.16. The third kappa shape index (κ3) is 5.12. The van der Waals surface area contributed by atoms with Gasteiger partial charge in [0.2, 0.25) is 5.91 Å². The predicted octanol–water partition coefficient (Wildman–Crippen LogP) is 2.50. The lowest BCUT2D eigenvalue weighted by atomic mass is 10.1. The number of rotatable bonds is 5. The quantitative estimate of drug-likeness (QED) is 0.791. The molecular formula is C12H15ClFNO. The first-order valence-corrected chi connectivity index (χ1v) is 5.67. The van der Waals surface area contributed by atoms with Gasteiger partial charge in [-0.3, -0.25) is 4.79 Å². The minimum atomic E-state index is -0.320. The highest BCUT2D eigenvalue weighted by atomic mass is 35.5. The van der Waals surface area contributed by atoms with E-state index in [1.807, 2.05) is 6.92 Å². The van der Waals surface area contributed by atoms with Crippen molar-refractivity contribution in [1.82, 2.24) is 5.32 Å². The summed E-state index contributed by atoms with van der Waals surface area (Å²) in [5.74, 6) is -0.428. The average molecular weight is 244 g/mol. The summed E-state index contributed by atoms with van der Waals surface area (Å²) in [4.78, 5) is 11.4. The molecule has 1 atom stereocenters. The van der Waals surface area contributed by atoms with Crippen LogP contribution >= 0.6 is 11.6 Å². The van der Waals surface area contributed by atoms with E-state index in [1.165, 1.54) is 12.1 Å². The Labute approximate surface area is 99.8 Å². The molecule has 88 valence electrons. The lowest BCUT2D eigenvalue weighted by Crippen LogP contribution is -2.27. The molecule has 0 aliphatic rings. The molecule has 1 unspecified atom stereocenters. The van der Waals surface area contributed by atoms with Crippen LogP contribution in [-0.4, -0.2) is 17.8 Å². The van der Waals surface area contributed by atoms with E-state index in [9.17, 15) is 9.18 Å². The number of benzene rings is 1. The number of halogens is 2. The first-order valence-electron chi connectivity index (χ1n) is 5.23. The highest BCUT2D eigenvalue weighted by Crippen LogP contribution is 2.04. The number of hydrogen-bond donors (Lipinski definition) is 1. The molecule has 0 bridgehead atoms. The summed E-state index contributed by atoms with van der Waals surface area (Å²) in [6.45, 7) is 2.43. The number of carbonyl (C=O) groups excluding carboxylic acids is 1. The van der Waals surface area contributed by atoms with Gasteiger partial charge in [-0.1, -0.05) is 12.1 Å². The fourth-order valence-corrected chi connectivity index (χ4v) is 1.41. The van der Waals surface area contributed by atoms with Gasteiger partial charge in [-0.25, -0.2) is 4.39 Å². The second-order valence-electron chi connectivity index (χ2n) is 3.73. The van der Waals surface area contributed by atoms with E-state index in [0.29, 0.717) is 12.1 Å². The topological polar surface area (TPSA) is 29.1 Å². The van der Waals surface area contributed by atoms with Gasteiger partial charge in [0.25, 0.3) is 0 Å². The number of hydrogen-bond acceptors (Lipinski definition) is 1. The van der Waals surface area contributed by atoms with E-state index in [1.54, 1.807) is 12.1 Å². The van der Waals surface area contributed by atoms with Crippen LogP contribution in [0.3, 0.4) is 0 Å². The summed E-state index contributed by atoms with van der Waals surface area (Å²) in [7, 11) is 0. The van der Waals surface area contributed by atoms with Crippen LogP contribution in [0.1, 0.15) is 18.9 Å². The fraction of sp³-hybridized carbons (Fsp3) is 0.417. The van der Waals surface area contributed by atoms with Gasteiger partial charge in [0.05, 0.1) is 6.42 Å². The van der Waals surface area contributed by atoms with Crippen LogP contribution in [0.2, 0.25) is 0 Å². The summed E-state index contributed by atoms with van der Waals surface area (Å²) < 4.78 is 12.8. The Balaban J connectivity index is 2.34. The fourth-order valence-electron chi connectivity index (χ4n) is 1.31. The van der Waals surface area contributed by atoms with Gasteiger partial charge in [0.1, 0.15) is 5.82 Å². The number of alkyl halides is 1. The monoisotopic (exact) mass is 243 g/mol. The second kappa shape index (κ2) is 6.48. The molecule has 0 radical (unpaired) electrons. The third-order valence-corrected chi connectivity index (χ3v) is 2.34. The Morgan fingerprint density at radius 1 is 1.56 bits per heavy atom. The summed E-state index contributed by atoms with van der Waals surface area (Å²) in [6, 6.07) is 6.05. The molecule has 0 saturated heterocycles. The summed E-state index contributed by atoms with van der Waals surface area (Å²) in [5, 5.41) is 2.79. The molecule has 1 aromatic carbocycles. The van der Waals surface area contributed by atoms with Crippen molar-refractivity contribution in [2.45, 2.75) is 25.1 Å². The molecule has 0 spiro atoms. The maximum atomic E-state index is 12.8. The van der Waals surface area contributed by atoms with Crippen molar-refractivity contribution in [3.05, 3.63) is 35.6 Å². The Morgan fingerprint density at radius 3 is 2.94 bits per heavy atom. The highest BCUT2D eigenvalue weighted by molar-refractivity contribution is 6.20. The standard InChI is InChI=1S/C12H15ClFNO/c1-9(13)5-6-15-12(16)8-10-3-2-4-11(14)7-10/h2-4,7,9H,5-6,8H2,1H3,(H,15,16). The van der Waals surface area contributed by atoms with E-state index in [-0.39, 0.29) is 23.5 Å². The molecule has 0 heterocycles. The van der Waals surface area contributed by atoms with Gasteiger partial charge in [0.15, 0.2) is 0 Å². The van der Waals surface area contributed by atoms with Gasteiger partial charge in [-0.15, -0.1) is 11.6 Å². The molecule has 0 fully saturated rings. The smallest absolute Gasteiger partial charge is 0.224 e. The molecule has 0 saturated carbocycles. The number of carbonyl (C=O) groups is 1. The van der Waals surface area contributed by atoms with Crippen LogP contribution in [-0.2, 0) is 11.2 Å². The van der Waals surface area contributed by atoms with Crippen molar-refractivity contribution in [2.75, 3.05) is 6.54 Å². The van der Waals surface area contributed by atoms with Crippen molar-refractivity contribution in [1.29, 1.82) is 0 Å². The molecule has 2 nitrogen and oxygen atoms in total. The van der Waals surface area contributed by atoms with Gasteiger partial charge < -0.3 is 5.32 Å². The normalized spacial score (nSPS) is 12.2. The van der Waals surface area contributed by atoms with Crippen LogP contribution in [0.5, 0.6) is 0 Å². The molecule has 0 aliphatic carbocycles. The minimum absolute atomic E-state index is 0.0504. The van der Waals surface area contributed by atoms with Crippen LogP contribution in [0.4, 0.5) is 4.39 Å². The molecule has 1 N–H and O–H groups in total. The number of nitrogens with one attached hydrogen (secondary N) is 1. The van der Waals surface area contributed by atoms with Crippen LogP contribution in [0, 0.1) is 5.82 Å². The zero-order valence-corrected chi connectivity index (χ0v) is 9.93. The second-order valence-corrected chi connectivity index (χ2v) is 4.47. The van der Waals surface area contributed by atoms with Crippen LogP contribution in [0.15, 0.2) is 24.3 Å². The first kappa shape index (κ1) is 13.0. The van der Waals surface area contributed by atoms with E-state index in [4.69, 9.17) is 11.6 Å². The third-order valence-electron chi connectivity index (χ3n) is 2.12. The van der Waals surface area contributed by atoms with Gasteiger partial charge in [-0.2, -0.15) is 0 Å². The molecule has 1 rings (SSSR count). The van der Waals surface area contributed by atoms with E-state index in [2.05, 4.69) is 5.32 Å². The van der Waals surface area contributed by atoms with Crippen molar-refractivity contribution in [3.63, 3.8) is 0 Å². The first-order chi connectivity index (χ1) is 7.58. The molecule has 1 amide bonds. The molecule has 1 aromatic rings. The summed E-state index contributed by atoms with van der Waals surface area (Å²) >= 11 is 5.74. The Hall–Kier alpha value is -1.09. The van der Waals surface area contributed by atoms with Crippen LogP contribution < -0.4 is 5.32 Å². The molecular weight excluding hydrogens is 229 g/mol. The van der Waals surface area contributed by atoms with Crippen molar-refractivity contribution < 1.29 is 9.18 Å². The zero-order valence-electron chi connectivity index (χ0n) is 9.17. The molecule has 4 heteroatoms. The molecule has 0 aromatic heterocycles. The highest BCUT2D eigenvalue weighted by Gasteiger charge is 2.04. The van der Waals surface area contributed by atoms with Crippen LogP contribution in [0.25, 0.3) is 0 Å². The lowest BCUT2D eigenvalue weighted by Gasteiger charge is -2.06. The van der Waals surface area contributed by atoms with Gasteiger partial charge >= 0.3 is 0 Å². The Bertz CT molecular complexity index is 355. The van der Waals surface area contributed by atoms with E-state index in [0.717, 1.165) is 6.42 Å². The number of amides is 1. The molecule has 0 aliphatic heterocycles. The summed E-state index contributed by atoms with van der Waals surface area (Å²) in [5.41, 5.74) is 0.677. The Kier molecular flexibility index (Phi) is 5.26. The minimum Gasteiger partial charge on any atom is -0.356 e.